The van der Waals surface area contributed by atoms with Crippen LogP contribution in [0.2, 0.25) is 0 Å². The molecule has 0 radical (unpaired) electrons. The standard InChI is InChI=1S/C19H20N6O/c1-10-6-13(8-14(20)7-10)9-15-12(3)24-25-17(15)22-19(21)23-18(25)16-5-4-11(2)26-16/h4-8H,9,20H2,1-3H3,(H2,21,22). The summed E-state index contributed by atoms with van der Waals surface area (Å²) in [6.07, 6.45) is 0.661. The number of aryl methyl sites for hydroxylation is 3. The molecule has 3 heterocycles. The number of hydrogen-bond donors (Lipinski definition) is 2. The number of furan rings is 1. The maximum absolute atomic E-state index is 5.99. The van der Waals surface area contributed by atoms with Crippen molar-refractivity contribution in [3.05, 3.63) is 58.5 Å². The number of benzene rings is 1. The normalized spacial score (nSPS) is 11.3. The first kappa shape index (κ1) is 16.1. The molecule has 1 aromatic carbocycles. The maximum atomic E-state index is 5.99. The van der Waals surface area contributed by atoms with Gasteiger partial charge in [-0.25, -0.2) is 0 Å². The van der Waals surface area contributed by atoms with Crippen LogP contribution in [-0.4, -0.2) is 19.6 Å². The summed E-state index contributed by atoms with van der Waals surface area (Å²) in [5, 5.41) is 4.63. The van der Waals surface area contributed by atoms with Gasteiger partial charge in [0.2, 0.25) is 11.8 Å². The Balaban J connectivity index is 1.88. The van der Waals surface area contributed by atoms with Crippen LogP contribution < -0.4 is 11.5 Å². The molecule has 7 nitrogen and oxygen atoms in total. The van der Waals surface area contributed by atoms with E-state index in [9.17, 15) is 0 Å². The molecule has 0 saturated carbocycles. The molecule has 0 aliphatic rings. The highest BCUT2D eigenvalue weighted by Crippen LogP contribution is 2.26. The summed E-state index contributed by atoms with van der Waals surface area (Å²) in [6.45, 7) is 5.87. The first-order chi connectivity index (χ1) is 12.4. The third-order valence-electron chi connectivity index (χ3n) is 4.30. The van der Waals surface area contributed by atoms with Gasteiger partial charge in [0.15, 0.2) is 11.4 Å². The van der Waals surface area contributed by atoms with E-state index in [-0.39, 0.29) is 5.95 Å². The Morgan fingerprint density at radius 2 is 1.85 bits per heavy atom. The lowest BCUT2D eigenvalue weighted by Gasteiger charge is -2.06. The molecule has 0 fully saturated rings. The topological polar surface area (TPSA) is 108 Å². The lowest BCUT2D eigenvalue weighted by atomic mass is 10.0. The Morgan fingerprint density at radius 1 is 1.04 bits per heavy atom. The Labute approximate surface area is 150 Å². The molecule has 0 unspecified atom stereocenters. The predicted octanol–water partition coefficient (Wildman–Crippen LogP) is 3.06. The molecular weight excluding hydrogens is 328 g/mol. The predicted molar refractivity (Wildman–Crippen MR) is 101 cm³/mol. The summed E-state index contributed by atoms with van der Waals surface area (Å²) in [6, 6.07) is 9.77. The number of hydrogen-bond acceptors (Lipinski definition) is 6. The molecular formula is C19H20N6O. The Morgan fingerprint density at radius 3 is 2.54 bits per heavy atom. The second kappa shape index (κ2) is 5.87. The highest BCUT2D eigenvalue weighted by atomic mass is 16.3. The second-order valence-electron chi connectivity index (χ2n) is 6.54. The van der Waals surface area contributed by atoms with Crippen LogP contribution in [0.4, 0.5) is 11.6 Å². The number of nitrogens with two attached hydrogens (primary N) is 2. The second-order valence-corrected chi connectivity index (χ2v) is 6.54. The van der Waals surface area contributed by atoms with Crippen molar-refractivity contribution in [3.8, 4) is 11.6 Å². The van der Waals surface area contributed by atoms with E-state index in [1.165, 1.54) is 0 Å². The minimum atomic E-state index is 0.187. The van der Waals surface area contributed by atoms with Gasteiger partial charge in [-0.1, -0.05) is 6.07 Å². The molecule has 0 spiro atoms. The van der Waals surface area contributed by atoms with Crippen LogP contribution in [-0.2, 0) is 6.42 Å². The molecule has 26 heavy (non-hydrogen) atoms. The molecule has 0 aliphatic carbocycles. The molecule has 132 valence electrons. The van der Waals surface area contributed by atoms with Crippen LogP contribution in [0.1, 0.15) is 28.1 Å². The third kappa shape index (κ3) is 2.77. The zero-order chi connectivity index (χ0) is 18.4. The smallest absolute Gasteiger partial charge is 0.224 e. The average molecular weight is 348 g/mol. The van der Waals surface area contributed by atoms with Crippen molar-refractivity contribution >= 4 is 17.3 Å². The number of fused-ring (bicyclic) bond motifs is 1. The molecule has 4 N–H and O–H groups in total. The minimum Gasteiger partial charge on any atom is -0.458 e. The monoisotopic (exact) mass is 348 g/mol. The summed E-state index contributed by atoms with van der Waals surface area (Å²) >= 11 is 0. The Kier molecular flexibility index (Phi) is 3.64. The van der Waals surface area contributed by atoms with Gasteiger partial charge in [-0.2, -0.15) is 19.6 Å². The van der Waals surface area contributed by atoms with Gasteiger partial charge in [0.25, 0.3) is 0 Å². The van der Waals surface area contributed by atoms with E-state index in [0.29, 0.717) is 23.7 Å². The number of nitrogens with zero attached hydrogens (tertiary/aromatic N) is 4. The van der Waals surface area contributed by atoms with E-state index in [2.05, 4.69) is 21.1 Å². The van der Waals surface area contributed by atoms with Gasteiger partial charge in [-0.05, 0) is 56.2 Å². The molecule has 4 aromatic rings. The molecule has 7 heteroatoms. The fourth-order valence-electron chi connectivity index (χ4n) is 3.22. The molecule has 0 aliphatic heterocycles. The van der Waals surface area contributed by atoms with Crippen molar-refractivity contribution in [1.29, 1.82) is 0 Å². The lowest BCUT2D eigenvalue weighted by molar-refractivity contribution is 0.541. The summed E-state index contributed by atoms with van der Waals surface area (Å²) < 4.78 is 7.40. The largest absolute Gasteiger partial charge is 0.458 e. The maximum Gasteiger partial charge on any atom is 0.224 e. The fourth-order valence-corrected chi connectivity index (χ4v) is 3.22. The van der Waals surface area contributed by atoms with E-state index in [1.54, 1.807) is 4.52 Å². The van der Waals surface area contributed by atoms with E-state index < -0.39 is 0 Å². The van der Waals surface area contributed by atoms with Gasteiger partial charge in [-0.15, -0.1) is 0 Å². The van der Waals surface area contributed by atoms with Gasteiger partial charge in [0.05, 0.1) is 5.69 Å². The molecule has 0 saturated heterocycles. The number of aromatic nitrogens is 4. The van der Waals surface area contributed by atoms with Crippen LogP contribution in [0.3, 0.4) is 0 Å². The van der Waals surface area contributed by atoms with Crippen molar-refractivity contribution < 1.29 is 4.42 Å². The third-order valence-corrected chi connectivity index (χ3v) is 4.30. The SMILES string of the molecule is Cc1cc(N)cc(Cc2c(C)nn3c(-c4ccc(C)o4)nc(N)nc23)c1. The first-order valence-corrected chi connectivity index (χ1v) is 8.35. The summed E-state index contributed by atoms with van der Waals surface area (Å²) in [4.78, 5) is 8.75. The average Bonchev–Trinajstić information content (AvgIpc) is 3.11. The van der Waals surface area contributed by atoms with Crippen LogP contribution in [0.25, 0.3) is 17.2 Å². The van der Waals surface area contributed by atoms with E-state index in [0.717, 1.165) is 33.8 Å². The van der Waals surface area contributed by atoms with Gasteiger partial charge < -0.3 is 15.9 Å². The molecule has 0 atom stereocenters. The molecule has 4 rings (SSSR count). The van der Waals surface area contributed by atoms with Crippen molar-refractivity contribution in [1.82, 2.24) is 19.6 Å². The quantitative estimate of drug-likeness (QED) is 0.551. The van der Waals surface area contributed by atoms with E-state index in [1.807, 2.05) is 45.0 Å². The van der Waals surface area contributed by atoms with Gasteiger partial charge in [-0.3, -0.25) is 0 Å². The Bertz CT molecular complexity index is 1100. The van der Waals surface area contributed by atoms with Crippen LogP contribution in [0, 0.1) is 20.8 Å². The molecule has 3 aromatic heterocycles. The first-order valence-electron chi connectivity index (χ1n) is 8.35. The van der Waals surface area contributed by atoms with Crippen LogP contribution in [0.5, 0.6) is 0 Å². The minimum absolute atomic E-state index is 0.187. The van der Waals surface area contributed by atoms with Crippen LogP contribution in [0.15, 0.2) is 34.7 Å². The van der Waals surface area contributed by atoms with Crippen molar-refractivity contribution in [2.24, 2.45) is 0 Å². The lowest BCUT2D eigenvalue weighted by Crippen LogP contribution is -2.05. The van der Waals surface area contributed by atoms with E-state index >= 15 is 0 Å². The zero-order valence-corrected chi connectivity index (χ0v) is 14.9. The Hall–Kier alpha value is -3.35. The van der Waals surface area contributed by atoms with Crippen molar-refractivity contribution in [2.45, 2.75) is 27.2 Å². The highest BCUT2D eigenvalue weighted by Gasteiger charge is 2.19. The molecule has 0 amide bonds. The zero-order valence-electron chi connectivity index (χ0n) is 14.9. The molecule has 0 bridgehead atoms. The number of rotatable bonds is 3. The summed E-state index contributed by atoms with van der Waals surface area (Å²) in [5.74, 6) is 2.13. The van der Waals surface area contributed by atoms with Gasteiger partial charge >= 0.3 is 0 Å². The summed E-state index contributed by atoms with van der Waals surface area (Å²) in [5.41, 5.74) is 17.5. The number of anilines is 2. The fraction of sp³-hybridized carbons (Fsp3) is 0.211. The van der Waals surface area contributed by atoms with Crippen LogP contribution >= 0.6 is 0 Å². The number of nitrogen functional groups attached to an aromatic ring is 2. The van der Waals surface area contributed by atoms with Crippen molar-refractivity contribution in [2.75, 3.05) is 11.5 Å². The van der Waals surface area contributed by atoms with Crippen molar-refractivity contribution in [3.63, 3.8) is 0 Å². The van der Waals surface area contributed by atoms with Gasteiger partial charge in [0.1, 0.15) is 5.76 Å². The van der Waals surface area contributed by atoms with Gasteiger partial charge in [0, 0.05) is 17.7 Å². The summed E-state index contributed by atoms with van der Waals surface area (Å²) in [7, 11) is 0. The highest BCUT2D eigenvalue weighted by molar-refractivity contribution is 5.61. The van der Waals surface area contributed by atoms with E-state index in [4.69, 9.17) is 15.9 Å².